The molecule has 11 heavy (non-hydrogen) atoms. The van der Waals surface area contributed by atoms with Gasteiger partial charge in [0.1, 0.15) is 18.2 Å². The normalized spacial score (nSPS) is 16.1. The van der Waals surface area contributed by atoms with E-state index in [1.54, 1.807) is 6.20 Å². The van der Waals surface area contributed by atoms with Crippen LogP contribution in [0.25, 0.3) is 0 Å². The van der Waals surface area contributed by atoms with Crippen LogP contribution >= 0.6 is 0 Å². The summed E-state index contributed by atoms with van der Waals surface area (Å²) in [5.74, 6) is 7.05. The van der Waals surface area contributed by atoms with Gasteiger partial charge in [-0.05, 0) is 0 Å². The number of imidazole rings is 1. The highest BCUT2D eigenvalue weighted by molar-refractivity contribution is 5.33. The maximum atomic E-state index is 5.27. The molecule has 0 amide bonds. The summed E-state index contributed by atoms with van der Waals surface area (Å²) in [7, 11) is 0. The second-order valence-electron chi connectivity index (χ2n) is 2.41. The second kappa shape index (κ2) is 2.52. The van der Waals surface area contributed by atoms with Gasteiger partial charge in [0, 0.05) is 6.54 Å². The van der Waals surface area contributed by atoms with Gasteiger partial charge in [-0.3, -0.25) is 0 Å². The summed E-state index contributed by atoms with van der Waals surface area (Å²) < 4.78 is 7.22. The van der Waals surface area contributed by atoms with Crippen LogP contribution in [0.5, 0.6) is 0 Å². The number of hydrogen-bond acceptors (Lipinski definition) is 4. The van der Waals surface area contributed by atoms with E-state index >= 15 is 0 Å². The molecule has 2 heterocycles. The van der Waals surface area contributed by atoms with Crippen molar-refractivity contribution in [2.24, 2.45) is 5.84 Å². The van der Waals surface area contributed by atoms with Crippen molar-refractivity contribution in [2.75, 3.05) is 12.0 Å². The Labute approximate surface area is 64.1 Å². The Morgan fingerprint density at radius 2 is 2.64 bits per heavy atom. The van der Waals surface area contributed by atoms with E-state index < -0.39 is 0 Å². The van der Waals surface area contributed by atoms with Crippen LogP contribution < -0.4 is 11.3 Å². The molecule has 1 aliphatic rings. The molecule has 1 aliphatic heterocycles. The molecule has 1 aromatic rings. The Morgan fingerprint density at radius 3 is 3.45 bits per heavy atom. The molecule has 1 aromatic heterocycles. The Kier molecular flexibility index (Phi) is 1.52. The van der Waals surface area contributed by atoms with Crippen LogP contribution in [0.15, 0.2) is 6.20 Å². The predicted molar refractivity (Wildman–Crippen MR) is 39.7 cm³/mol. The first-order valence-corrected chi connectivity index (χ1v) is 3.50. The number of ether oxygens (including phenoxy) is 1. The first kappa shape index (κ1) is 6.63. The number of rotatable bonds is 1. The van der Waals surface area contributed by atoms with Gasteiger partial charge >= 0.3 is 0 Å². The third-order valence-electron chi connectivity index (χ3n) is 1.78. The van der Waals surface area contributed by atoms with E-state index in [0.717, 1.165) is 24.8 Å². The van der Waals surface area contributed by atoms with Gasteiger partial charge in [0.25, 0.3) is 0 Å². The minimum atomic E-state index is 0.585. The lowest BCUT2D eigenvalue weighted by atomic mass is 10.5. The zero-order valence-corrected chi connectivity index (χ0v) is 6.08. The Bertz CT molecular complexity index is 244. The van der Waals surface area contributed by atoms with Crippen LogP contribution in [0.4, 0.5) is 5.82 Å². The average molecular weight is 154 g/mol. The lowest BCUT2D eigenvalue weighted by molar-refractivity contribution is 0.0822. The number of nitrogens with one attached hydrogen (secondary N) is 1. The number of hydrogen-bond donors (Lipinski definition) is 2. The molecule has 0 atom stereocenters. The summed E-state index contributed by atoms with van der Waals surface area (Å²) in [6, 6.07) is 0. The number of hydrazine groups is 1. The molecule has 60 valence electrons. The lowest BCUT2D eigenvalue weighted by Crippen LogP contribution is -2.20. The monoisotopic (exact) mass is 154 g/mol. The minimum absolute atomic E-state index is 0.585. The molecule has 0 unspecified atom stereocenters. The molecule has 0 fully saturated rings. The quantitative estimate of drug-likeness (QED) is 0.430. The summed E-state index contributed by atoms with van der Waals surface area (Å²) in [6.45, 7) is 2.15. The number of aromatic nitrogens is 2. The molecule has 0 bridgehead atoms. The van der Waals surface area contributed by atoms with E-state index in [-0.39, 0.29) is 0 Å². The number of nitrogens with zero attached hydrogens (tertiary/aromatic N) is 2. The molecule has 0 aliphatic carbocycles. The van der Waals surface area contributed by atoms with Crippen LogP contribution in [0.3, 0.4) is 0 Å². The Balaban J connectivity index is 2.38. The SMILES string of the molecule is NNc1cnc2n1CCOC2. The molecule has 3 N–H and O–H groups in total. The van der Waals surface area contributed by atoms with Crippen molar-refractivity contribution >= 4 is 5.82 Å². The van der Waals surface area contributed by atoms with Crippen molar-refractivity contribution in [1.29, 1.82) is 0 Å². The van der Waals surface area contributed by atoms with Gasteiger partial charge < -0.3 is 14.7 Å². The van der Waals surface area contributed by atoms with E-state index in [4.69, 9.17) is 10.6 Å². The van der Waals surface area contributed by atoms with Crippen LogP contribution in [0.2, 0.25) is 0 Å². The summed E-state index contributed by atoms with van der Waals surface area (Å²) in [6.07, 6.45) is 1.71. The topological polar surface area (TPSA) is 65.1 Å². The Hall–Kier alpha value is -1.07. The molecule has 0 spiro atoms. The summed E-state index contributed by atoms with van der Waals surface area (Å²) >= 11 is 0. The fraction of sp³-hybridized carbons (Fsp3) is 0.500. The highest BCUT2D eigenvalue weighted by Crippen LogP contribution is 2.14. The van der Waals surface area contributed by atoms with Crippen molar-refractivity contribution in [1.82, 2.24) is 9.55 Å². The number of nitrogens with two attached hydrogens (primary N) is 1. The van der Waals surface area contributed by atoms with Gasteiger partial charge in [-0.1, -0.05) is 0 Å². The highest BCUT2D eigenvalue weighted by Gasteiger charge is 2.12. The standard InChI is InChI=1S/C6H10N4O/c7-9-5-3-8-6-4-11-2-1-10(5)6/h3,9H,1-2,4,7H2. The number of fused-ring (bicyclic) bond motifs is 1. The number of nitrogen functional groups attached to an aromatic ring is 1. The highest BCUT2D eigenvalue weighted by atomic mass is 16.5. The van der Waals surface area contributed by atoms with Crippen molar-refractivity contribution in [3.63, 3.8) is 0 Å². The van der Waals surface area contributed by atoms with Gasteiger partial charge in [0.05, 0.1) is 12.8 Å². The smallest absolute Gasteiger partial charge is 0.140 e. The van der Waals surface area contributed by atoms with E-state index in [1.165, 1.54) is 0 Å². The van der Waals surface area contributed by atoms with Crippen molar-refractivity contribution in [3.05, 3.63) is 12.0 Å². The molecule has 0 radical (unpaired) electrons. The first-order valence-electron chi connectivity index (χ1n) is 3.50. The van der Waals surface area contributed by atoms with E-state index in [2.05, 4.69) is 10.4 Å². The van der Waals surface area contributed by atoms with Gasteiger partial charge in [-0.2, -0.15) is 0 Å². The van der Waals surface area contributed by atoms with Crippen molar-refractivity contribution in [2.45, 2.75) is 13.2 Å². The molecule has 2 rings (SSSR count). The molecule has 0 aromatic carbocycles. The molecular formula is C6H10N4O. The minimum Gasteiger partial charge on any atom is -0.372 e. The molecular weight excluding hydrogens is 144 g/mol. The fourth-order valence-electron chi connectivity index (χ4n) is 1.21. The maximum absolute atomic E-state index is 5.27. The Morgan fingerprint density at radius 1 is 1.73 bits per heavy atom. The van der Waals surface area contributed by atoms with Crippen molar-refractivity contribution in [3.8, 4) is 0 Å². The second-order valence-corrected chi connectivity index (χ2v) is 2.41. The molecule has 5 nitrogen and oxygen atoms in total. The largest absolute Gasteiger partial charge is 0.372 e. The summed E-state index contributed by atoms with van der Waals surface area (Å²) in [5.41, 5.74) is 2.58. The van der Waals surface area contributed by atoms with Gasteiger partial charge in [-0.25, -0.2) is 10.8 Å². The van der Waals surface area contributed by atoms with Crippen LogP contribution in [0.1, 0.15) is 5.82 Å². The van der Waals surface area contributed by atoms with E-state index in [9.17, 15) is 0 Å². The molecule has 0 saturated carbocycles. The zero-order valence-electron chi connectivity index (χ0n) is 6.08. The summed E-state index contributed by atoms with van der Waals surface area (Å²) in [4.78, 5) is 4.12. The average Bonchev–Trinajstić information content (AvgIpc) is 2.47. The maximum Gasteiger partial charge on any atom is 0.140 e. The van der Waals surface area contributed by atoms with E-state index in [0.29, 0.717) is 6.61 Å². The summed E-state index contributed by atoms with van der Waals surface area (Å²) in [5, 5.41) is 0. The van der Waals surface area contributed by atoms with Crippen LogP contribution in [-0.4, -0.2) is 16.2 Å². The third-order valence-corrected chi connectivity index (χ3v) is 1.78. The van der Waals surface area contributed by atoms with Crippen molar-refractivity contribution < 1.29 is 4.74 Å². The van der Waals surface area contributed by atoms with Gasteiger partial charge in [-0.15, -0.1) is 0 Å². The van der Waals surface area contributed by atoms with Gasteiger partial charge in [0.15, 0.2) is 0 Å². The first-order chi connectivity index (χ1) is 5.42. The molecule has 0 saturated heterocycles. The van der Waals surface area contributed by atoms with Gasteiger partial charge in [0.2, 0.25) is 0 Å². The van der Waals surface area contributed by atoms with E-state index in [1.807, 2.05) is 4.57 Å². The third kappa shape index (κ3) is 0.979. The molecule has 5 heteroatoms. The number of anilines is 1. The fourth-order valence-corrected chi connectivity index (χ4v) is 1.21. The van der Waals surface area contributed by atoms with Crippen LogP contribution in [-0.2, 0) is 17.9 Å². The zero-order chi connectivity index (χ0) is 7.68. The predicted octanol–water partition coefficient (Wildman–Crippen LogP) is -0.301. The van der Waals surface area contributed by atoms with Crippen LogP contribution in [0, 0.1) is 0 Å². The lowest BCUT2D eigenvalue weighted by Gasteiger charge is -2.16.